The maximum atomic E-state index is 14.1. The van der Waals surface area contributed by atoms with E-state index in [1.165, 1.54) is 33.1 Å². The van der Waals surface area contributed by atoms with Gasteiger partial charge < -0.3 is 19.5 Å². The zero-order valence-corrected chi connectivity index (χ0v) is 12.8. The molecule has 1 aromatic carbocycles. The zero-order chi connectivity index (χ0) is 16.5. The highest BCUT2D eigenvalue weighted by atomic mass is 35.5. The molecule has 8 heteroatoms. The maximum Gasteiger partial charge on any atom is 0.350 e. The molecule has 0 atom stereocenters. The van der Waals surface area contributed by atoms with E-state index in [9.17, 15) is 14.0 Å². The zero-order valence-electron chi connectivity index (χ0n) is 12.0. The molecule has 0 spiro atoms. The number of carbonyl (C=O) groups is 2. The minimum atomic E-state index is -1.34. The van der Waals surface area contributed by atoms with Crippen LogP contribution in [0.1, 0.15) is 13.8 Å². The molecule has 118 valence electrons. The lowest BCUT2D eigenvalue weighted by atomic mass is 10.2. The third-order valence-corrected chi connectivity index (χ3v) is 3.07. The van der Waals surface area contributed by atoms with Gasteiger partial charge in [0.2, 0.25) is 0 Å². The quantitative estimate of drug-likeness (QED) is 0.522. The number of halogens is 2. The highest BCUT2D eigenvalue weighted by molar-refractivity contribution is 6.33. The van der Waals surface area contributed by atoms with Gasteiger partial charge in [-0.1, -0.05) is 11.6 Å². The van der Waals surface area contributed by atoms with E-state index in [0.717, 1.165) is 6.20 Å². The van der Waals surface area contributed by atoms with Gasteiger partial charge in [-0.25, -0.2) is 14.0 Å². The first-order valence-corrected chi connectivity index (χ1v) is 6.58. The number of rotatable bonds is 3. The van der Waals surface area contributed by atoms with Crippen molar-refractivity contribution < 1.29 is 28.2 Å². The van der Waals surface area contributed by atoms with Crippen LogP contribution in [0.3, 0.4) is 0 Å². The Morgan fingerprint density at radius 1 is 1.27 bits per heavy atom. The van der Waals surface area contributed by atoms with Crippen molar-refractivity contribution in [3.8, 4) is 5.75 Å². The molecule has 1 aliphatic rings. The Balaban J connectivity index is 2.29. The summed E-state index contributed by atoms with van der Waals surface area (Å²) in [6, 6.07) is 2.76. The van der Waals surface area contributed by atoms with Crippen LogP contribution in [-0.2, 0) is 19.1 Å². The number of methoxy groups -OCH3 is 1. The molecule has 0 saturated carbocycles. The van der Waals surface area contributed by atoms with Gasteiger partial charge in [0.15, 0.2) is 17.1 Å². The number of hydrogen-bond acceptors (Lipinski definition) is 6. The van der Waals surface area contributed by atoms with Gasteiger partial charge >= 0.3 is 11.9 Å². The molecule has 6 nitrogen and oxygen atoms in total. The van der Waals surface area contributed by atoms with Crippen LogP contribution >= 0.6 is 11.6 Å². The Kier molecular flexibility index (Phi) is 4.27. The van der Waals surface area contributed by atoms with Gasteiger partial charge in [-0.05, 0) is 12.1 Å². The molecule has 1 aliphatic heterocycles. The molecule has 22 heavy (non-hydrogen) atoms. The highest BCUT2D eigenvalue weighted by Gasteiger charge is 2.39. The summed E-state index contributed by atoms with van der Waals surface area (Å²) in [4.78, 5) is 23.5. The van der Waals surface area contributed by atoms with Crippen molar-refractivity contribution in [2.75, 3.05) is 12.4 Å². The SMILES string of the molecule is COc1ccc(Cl)c(NC=C2C(=O)OC(C)(C)OC2=O)c1F. The third-order valence-electron chi connectivity index (χ3n) is 2.75. The summed E-state index contributed by atoms with van der Waals surface area (Å²) in [6.07, 6.45) is 0.976. The number of esters is 2. The number of benzene rings is 1. The van der Waals surface area contributed by atoms with Crippen molar-refractivity contribution >= 4 is 29.2 Å². The minimum Gasteiger partial charge on any atom is -0.494 e. The third kappa shape index (κ3) is 3.14. The number of anilines is 1. The molecule has 1 aromatic rings. The smallest absolute Gasteiger partial charge is 0.350 e. The fourth-order valence-corrected chi connectivity index (χ4v) is 1.95. The summed E-state index contributed by atoms with van der Waals surface area (Å²) < 4.78 is 28.7. The predicted molar refractivity (Wildman–Crippen MR) is 75.9 cm³/mol. The van der Waals surface area contributed by atoms with E-state index in [1.54, 1.807) is 0 Å². The van der Waals surface area contributed by atoms with Crippen molar-refractivity contribution in [3.63, 3.8) is 0 Å². The number of carbonyl (C=O) groups excluding carboxylic acids is 2. The van der Waals surface area contributed by atoms with Gasteiger partial charge in [-0.2, -0.15) is 0 Å². The first-order chi connectivity index (χ1) is 10.2. The van der Waals surface area contributed by atoms with Crippen LogP contribution in [0.4, 0.5) is 10.1 Å². The van der Waals surface area contributed by atoms with E-state index in [-0.39, 0.29) is 16.5 Å². The normalized spacial score (nSPS) is 16.7. The number of hydrogen-bond donors (Lipinski definition) is 1. The van der Waals surface area contributed by atoms with Gasteiger partial charge in [-0.15, -0.1) is 0 Å². The summed E-state index contributed by atoms with van der Waals surface area (Å²) in [5.74, 6) is -3.91. The second-order valence-corrected chi connectivity index (χ2v) is 5.23. The molecule has 0 unspecified atom stereocenters. The van der Waals surface area contributed by atoms with Crippen molar-refractivity contribution in [1.29, 1.82) is 0 Å². The summed E-state index contributed by atoms with van der Waals surface area (Å²) in [7, 11) is 1.30. The lowest BCUT2D eigenvalue weighted by Gasteiger charge is -2.29. The van der Waals surface area contributed by atoms with Gasteiger partial charge in [0.25, 0.3) is 5.79 Å². The second-order valence-electron chi connectivity index (χ2n) is 4.82. The van der Waals surface area contributed by atoms with E-state index in [2.05, 4.69) is 5.32 Å². The first kappa shape index (κ1) is 16.1. The Morgan fingerprint density at radius 2 is 1.86 bits per heavy atom. The summed E-state index contributed by atoms with van der Waals surface area (Å²) in [5.41, 5.74) is -0.545. The van der Waals surface area contributed by atoms with Gasteiger partial charge in [0, 0.05) is 20.0 Å². The topological polar surface area (TPSA) is 73.9 Å². The highest BCUT2D eigenvalue weighted by Crippen LogP contribution is 2.32. The summed E-state index contributed by atoms with van der Waals surface area (Å²) >= 11 is 5.87. The molecule has 1 heterocycles. The largest absolute Gasteiger partial charge is 0.494 e. The summed E-state index contributed by atoms with van der Waals surface area (Å²) in [6.45, 7) is 2.84. The Labute approximate surface area is 130 Å². The van der Waals surface area contributed by atoms with Crippen LogP contribution in [0, 0.1) is 5.82 Å². The van der Waals surface area contributed by atoms with Gasteiger partial charge in [0.1, 0.15) is 0 Å². The number of ether oxygens (including phenoxy) is 3. The average Bonchev–Trinajstić information content (AvgIpc) is 2.40. The van der Waals surface area contributed by atoms with Gasteiger partial charge in [-0.3, -0.25) is 0 Å². The van der Waals surface area contributed by atoms with Crippen molar-refractivity contribution in [2.45, 2.75) is 19.6 Å². The predicted octanol–water partition coefficient (Wildman–Crippen LogP) is 2.62. The van der Waals surface area contributed by atoms with E-state index in [4.69, 9.17) is 25.8 Å². The standard InChI is InChI=1S/C14H13ClFNO5/c1-14(2)21-12(18)7(13(19)22-14)6-17-11-8(15)4-5-9(20-3)10(11)16/h4-6,17H,1-3H3. The Bertz CT molecular complexity index is 649. The first-order valence-electron chi connectivity index (χ1n) is 6.20. The average molecular weight is 330 g/mol. The number of nitrogens with one attached hydrogen (secondary N) is 1. The molecule has 0 radical (unpaired) electrons. The molecular weight excluding hydrogens is 317 g/mol. The molecule has 2 rings (SSSR count). The van der Waals surface area contributed by atoms with Crippen LogP contribution in [0.5, 0.6) is 5.75 Å². The van der Waals surface area contributed by atoms with Crippen LogP contribution in [0.25, 0.3) is 0 Å². The Hall–Kier alpha value is -2.28. The molecule has 0 aromatic heterocycles. The molecular formula is C14H13ClFNO5. The van der Waals surface area contributed by atoms with Crippen molar-refractivity contribution in [1.82, 2.24) is 0 Å². The van der Waals surface area contributed by atoms with Crippen LogP contribution in [-0.4, -0.2) is 24.8 Å². The van der Waals surface area contributed by atoms with Crippen LogP contribution in [0.2, 0.25) is 5.02 Å². The van der Waals surface area contributed by atoms with E-state index in [0.29, 0.717) is 0 Å². The fourth-order valence-electron chi connectivity index (χ4n) is 1.75. The molecule has 0 bridgehead atoms. The molecule has 1 saturated heterocycles. The van der Waals surface area contributed by atoms with E-state index < -0.39 is 29.1 Å². The Morgan fingerprint density at radius 3 is 2.41 bits per heavy atom. The molecule has 1 N–H and O–H groups in total. The number of cyclic esters (lactones) is 2. The van der Waals surface area contributed by atoms with Crippen LogP contribution in [0.15, 0.2) is 23.9 Å². The molecule has 0 aliphatic carbocycles. The van der Waals surface area contributed by atoms with Crippen LogP contribution < -0.4 is 10.1 Å². The van der Waals surface area contributed by atoms with E-state index in [1.807, 2.05) is 0 Å². The van der Waals surface area contributed by atoms with Crippen molar-refractivity contribution in [2.24, 2.45) is 0 Å². The lowest BCUT2D eigenvalue weighted by molar-refractivity contribution is -0.222. The van der Waals surface area contributed by atoms with Gasteiger partial charge in [0.05, 0.1) is 17.8 Å². The minimum absolute atomic E-state index is 0.0415. The molecule has 0 amide bonds. The maximum absolute atomic E-state index is 14.1. The monoisotopic (exact) mass is 329 g/mol. The summed E-state index contributed by atoms with van der Waals surface area (Å²) in [5, 5.41) is 2.51. The van der Waals surface area contributed by atoms with E-state index >= 15 is 0 Å². The second kappa shape index (κ2) is 5.84. The van der Waals surface area contributed by atoms with Crippen molar-refractivity contribution in [3.05, 3.63) is 34.7 Å². The molecule has 1 fully saturated rings. The fraction of sp³-hybridized carbons (Fsp3) is 0.286. The lowest BCUT2D eigenvalue weighted by Crippen LogP contribution is -2.42.